The van der Waals surface area contributed by atoms with E-state index in [4.69, 9.17) is 5.11 Å². The largest absolute Gasteiger partial charge is 0.396 e. The highest BCUT2D eigenvalue weighted by molar-refractivity contribution is 7.89. The molecular weight excluding hydrogens is 274 g/mol. The van der Waals surface area contributed by atoms with E-state index in [0.717, 1.165) is 24.8 Å². The number of benzene rings is 1. The third-order valence-electron chi connectivity index (χ3n) is 4.02. The van der Waals surface area contributed by atoms with Gasteiger partial charge in [0.2, 0.25) is 10.0 Å². The highest BCUT2D eigenvalue weighted by atomic mass is 32.2. The molecule has 4 nitrogen and oxygen atoms in total. The molecule has 0 atom stereocenters. The number of nitrogens with one attached hydrogen (secondary N) is 1. The van der Waals surface area contributed by atoms with Gasteiger partial charge >= 0.3 is 0 Å². The van der Waals surface area contributed by atoms with Crippen LogP contribution < -0.4 is 4.72 Å². The fourth-order valence-electron chi connectivity index (χ4n) is 2.27. The Kier molecular flexibility index (Phi) is 6.17. The Bertz CT molecular complexity index is 496. The fraction of sp³-hybridized carbons (Fsp3) is 0.600. The predicted octanol–water partition coefficient (Wildman–Crippen LogP) is 2.47. The second kappa shape index (κ2) is 7.20. The molecule has 0 aromatic heterocycles. The van der Waals surface area contributed by atoms with E-state index < -0.39 is 10.0 Å². The van der Waals surface area contributed by atoms with Crippen molar-refractivity contribution in [3.05, 3.63) is 29.8 Å². The molecule has 0 amide bonds. The van der Waals surface area contributed by atoms with Gasteiger partial charge in [0.25, 0.3) is 0 Å². The first-order chi connectivity index (χ1) is 9.43. The van der Waals surface area contributed by atoms with Crippen LogP contribution >= 0.6 is 0 Å². The Labute approximate surface area is 122 Å². The Hall–Kier alpha value is -0.910. The standard InChI is InChI=1S/C15H25NO3S/c1-4-15(5-2,6-3)16-20(18,19)14-9-7-13(8-10-14)11-12-17/h7-10,16-17H,4-6,11-12H2,1-3H3. The van der Waals surface area contributed by atoms with E-state index >= 15 is 0 Å². The summed E-state index contributed by atoms with van der Waals surface area (Å²) in [5.74, 6) is 0. The molecule has 0 aliphatic heterocycles. The van der Waals surface area contributed by atoms with E-state index in [1.807, 2.05) is 20.8 Å². The van der Waals surface area contributed by atoms with Crippen molar-refractivity contribution in [1.82, 2.24) is 4.72 Å². The Balaban J connectivity index is 2.98. The van der Waals surface area contributed by atoms with Gasteiger partial charge in [-0.15, -0.1) is 0 Å². The summed E-state index contributed by atoms with van der Waals surface area (Å²) in [4.78, 5) is 0.277. The van der Waals surface area contributed by atoms with Crippen LogP contribution in [0.1, 0.15) is 45.6 Å². The lowest BCUT2D eigenvalue weighted by Crippen LogP contribution is -2.46. The zero-order valence-electron chi connectivity index (χ0n) is 12.5. The number of aliphatic hydroxyl groups is 1. The first-order valence-corrected chi connectivity index (χ1v) is 8.65. The van der Waals surface area contributed by atoms with Crippen molar-refractivity contribution in [3.8, 4) is 0 Å². The molecule has 0 radical (unpaired) electrons. The fourth-order valence-corrected chi connectivity index (χ4v) is 3.89. The van der Waals surface area contributed by atoms with Crippen LogP contribution in [-0.2, 0) is 16.4 Å². The molecule has 0 aliphatic rings. The zero-order valence-corrected chi connectivity index (χ0v) is 13.3. The normalized spacial score (nSPS) is 12.6. The lowest BCUT2D eigenvalue weighted by molar-refractivity contribution is 0.299. The van der Waals surface area contributed by atoms with Gasteiger partial charge in [-0.25, -0.2) is 13.1 Å². The summed E-state index contributed by atoms with van der Waals surface area (Å²) in [6, 6.07) is 6.69. The molecule has 114 valence electrons. The average Bonchev–Trinajstić information content (AvgIpc) is 2.46. The van der Waals surface area contributed by atoms with Crippen LogP contribution in [0.25, 0.3) is 0 Å². The molecule has 0 bridgehead atoms. The van der Waals surface area contributed by atoms with Crippen LogP contribution in [0.15, 0.2) is 29.2 Å². The third-order valence-corrected chi connectivity index (χ3v) is 5.61. The number of rotatable bonds is 8. The molecule has 5 heteroatoms. The molecule has 0 saturated heterocycles. The zero-order chi connectivity index (χ0) is 15.2. The van der Waals surface area contributed by atoms with Gasteiger partial charge in [0.05, 0.1) is 4.90 Å². The molecule has 0 aliphatic carbocycles. The third kappa shape index (κ3) is 4.04. The average molecular weight is 299 g/mol. The number of sulfonamides is 1. The molecule has 1 rings (SSSR count). The molecule has 0 spiro atoms. The smallest absolute Gasteiger partial charge is 0.241 e. The van der Waals surface area contributed by atoms with Crippen LogP contribution in [0.3, 0.4) is 0 Å². The minimum Gasteiger partial charge on any atom is -0.396 e. The Morgan fingerprint density at radius 3 is 1.95 bits per heavy atom. The predicted molar refractivity (Wildman–Crippen MR) is 81.2 cm³/mol. The summed E-state index contributed by atoms with van der Waals surface area (Å²) in [5, 5.41) is 8.87. The number of aliphatic hydroxyl groups excluding tert-OH is 1. The molecule has 0 fully saturated rings. The summed E-state index contributed by atoms with van der Waals surface area (Å²) in [5.41, 5.74) is 0.557. The quantitative estimate of drug-likeness (QED) is 0.775. The van der Waals surface area contributed by atoms with Crippen LogP contribution in [0.4, 0.5) is 0 Å². The van der Waals surface area contributed by atoms with Gasteiger partial charge in [0.15, 0.2) is 0 Å². The van der Waals surface area contributed by atoms with Crippen LogP contribution in [-0.4, -0.2) is 25.7 Å². The first kappa shape index (κ1) is 17.1. The van der Waals surface area contributed by atoms with Gasteiger partial charge < -0.3 is 5.11 Å². The van der Waals surface area contributed by atoms with Crippen molar-refractivity contribution in [1.29, 1.82) is 0 Å². The molecule has 1 aromatic rings. The van der Waals surface area contributed by atoms with Crippen LogP contribution in [0.5, 0.6) is 0 Å². The Morgan fingerprint density at radius 1 is 1.05 bits per heavy atom. The van der Waals surface area contributed by atoms with Gasteiger partial charge in [-0.1, -0.05) is 32.9 Å². The SMILES string of the molecule is CCC(CC)(CC)NS(=O)(=O)c1ccc(CCO)cc1. The van der Waals surface area contributed by atoms with Crippen molar-refractivity contribution in [2.45, 2.75) is 56.9 Å². The summed E-state index contributed by atoms with van der Waals surface area (Å²) in [7, 11) is -3.50. The van der Waals surface area contributed by atoms with E-state index in [0.29, 0.717) is 6.42 Å². The molecule has 1 aromatic carbocycles. The lowest BCUT2D eigenvalue weighted by atomic mass is 9.91. The van der Waals surface area contributed by atoms with Crippen molar-refractivity contribution < 1.29 is 13.5 Å². The van der Waals surface area contributed by atoms with E-state index in [-0.39, 0.29) is 17.0 Å². The van der Waals surface area contributed by atoms with Crippen LogP contribution in [0, 0.1) is 0 Å². The minimum atomic E-state index is -3.50. The van der Waals surface area contributed by atoms with E-state index in [9.17, 15) is 8.42 Å². The van der Waals surface area contributed by atoms with Crippen molar-refractivity contribution in [3.63, 3.8) is 0 Å². The van der Waals surface area contributed by atoms with Gasteiger partial charge in [-0.05, 0) is 43.4 Å². The van der Waals surface area contributed by atoms with Crippen LogP contribution in [0.2, 0.25) is 0 Å². The summed E-state index contributed by atoms with van der Waals surface area (Å²) < 4.78 is 27.7. The summed E-state index contributed by atoms with van der Waals surface area (Å²) in [6.45, 7) is 6.06. The molecule has 0 saturated carbocycles. The van der Waals surface area contributed by atoms with E-state index in [1.165, 1.54) is 0 Å². The molecule has 0 unspecified atom stereocenters. The maximum absolute atomic E-state index is 12.4. The number of hydrogen-bond acceptors (Lipinski definition) is 3. The van der Waals surface area contributed by atoms with Crippen molar-refractivity contribution in [2.24, 2.45) is 0 Å². The Morgan fingerprint density at radius 2 is 1.55 bits per heavy atom. The topological polar surface area (TPSA) is 66.4 Å². The van der Waals surface area contributed by atoms with E-state index in [1.54, 1.807) is 24.3 Å². The van der Waals surface area contributed by atoms with Gasteiger partial charge in [0, 0.05) is 12.1 Å². The maximum Gasteiger partial charge on any atom is 0.241 e. The van der Waals surface area contributed by atoms with Crippen molar-refractivity contribution in [2.75, 3.05) is 6.61 Å². The molecular formula is C15H25NO3S. The molecule has 20 heavy (non-hydrogen) atoms. The summed E-state index contributed by atoms with van der Waals surface area (Å²) >= 11 is 0. The van der Waals surface area contributed by atoms with E-state index in [2.05, 4.69) is 4.72 Å². The lowest BCUT2D eigenvalue weighted by Gasteiger charge is -2.31. The van der Waals surface area contributed by atoms with Gasteiger partial charge in [-0.2, -0.15) is 0 Å². The number of hydrogen-bond donors (Lipinski definition) is 2. The van der Waals surface area contributed by atoms with Crippen molar-refractivity contribution >= 4 is 10.0 Å². The summed E-state index contributed by atoms with van der Waals surface area (Å²) in [6.07, 6.45) is 2.84. The minimum absolute atomic E-state index is 0.0644. The highest BCUT2D eigenvalue weighted by Crippen LogP contribution is 2.23. The first-order valence-electron chi connectivity index (χ1n) is 7.16. The molecule has 2 N–H and O–H groups in total. The second-order valence-corrected chi connectivity index (χ2v) is 6.75. The second-order valence-electron chi connectivity index (χ2n) is 5.06. The molecule has 0 heterocycles. The van der Waals surface area contributed by atoms with Gasteiger partial charge in [0.1, 0.15) is 0 Å². The highest BCUT2D eigenvalue weighted by Gasteiger charge is 2.30. The monoisotopic (exact) mass is 299 g/mol. The van der Waals surface area contributed by atoms with Gasteiger partial charge in [-0.3, -0.25) is 0 Å². The maximum atomic E-state index is 12.4.